The summed E-state index contributed by atoms with van der Waals surface area (Å²) in [5.74, 6) is 2.49. The van der Waals surface area contributed by atoms with Crippen LogP contribution in [0.15, 0.2) is 36.5 Å². The van der Waals surface area contributed by atoms with E-state index in [0.717, 1.165) is 43.1 Å². The van der Waals surface area contributed by atoms with E-state index in [2.05, 4.69) is 9.88 Å². The molecule has 1 aliphatic carbocycles. The number of aliphatic hydroxyl groups is 1. The van der Waals surface area contributed by atoms with Crippen LogP contribution in [0, 0.1) is 18.8 Å². The lowest BCUT2D eigenvalue weighted by Gasteiger charge is -2.35. The predicted molar refractivity (Wildman–Crippen MR) is 106 cm³/mol. The van der Waals surface area contributed by atoms with Crippen LogP contribution >= 0.6 is 11.6 Å². The number of aliphatic hydroxyl groups excluding tert-OH is 1. The molecule has 0 spiro atoms. The van der Waals surface area contributed by atoms with Crippen molar-refractivity contribution < 1.29 is 14.6 Å². The molecule has 0 bridgehead atoms. The summed E-state index contributed by atoms with van der Waals surface area (Å²) in [5, 5.41) is 11.3. The molecule has 4 atom stereocenters. The third kappa shape index (κ3) is 3.71. The van der Waals surface area contributed by atoms with Gasteiger partial charge in [0.25, 0.3) is 0 Å². The molecule has 0 radical (unpaired) electrons. The van der Waals surface area contributed by atoms with Gasteiger partial charge < -0.3 is 19.5 Å². The first-order valence-corrected chi connectivity index (χ1v) is 9.77. The van der Waals surface area contributed by atoms with Gasteiger partial charge in [0.05, 0.1) is 24.6 Å². The molecular formula is C21H25ClN2O3. The standard InChI is InChI=1S/C21H25ClN2O3/c1-13-21(26-2)18(6-7-23-13)24-11-14-8-19(25)20(9-15(14)12-24)27-17-5-3-4-16(22)10-17/h3-7,10,14-15,19-20,25H,8-9,11-12H2,1-2H3/t14-,15+,19+,20+/m0/s1. The maximum atomic E-state index is 10.6. The first kappa shape index (κ1) is 18.4. The molecule has 2 aromatic rings. The van der Waals surface area contributed by atoms with Crippen molar-refractivity contribution in [3.05, 3.63) is 47.2 Å². The fourth-order valence-electron chi connectivity index (χ4n) is 4.47. The minimum atomic E-state index is -0.466. The Balaban J connectivity index is 1.48. The first-order chi connectivity index (χ1) is 13.0. The van der Waals surface area contributed by atoms with Crippen molar-refractivity contribution in [1.82, 2.24) is 4.98 Å². The molecule has 1 saturated heterocycles. The van der Waals surface area contributed by atoms with Gasteiger partial charge in [0.15, 0.2) is 5.75 Å². The van der Waals surface area contributed by atoms with E-state index in [9.17, 15) is 5.11 Å². The Bertz CT molecular complexity index is 816. The molecule has 5 nitrogen and oxygen atoms in total. The van der Waals surface area contributed by atoms with Crippen LogP contribution in [0.3, 0.4) is 0 Å². The van der Waals surface area contributed by atoms with Crippen molar-refractivity contribution in [1.29, 1.82) is 0 Å². The molecule has 2 fully saturated rings. The summed E-state index contributed by atoms with van der Waals surface area (Å²) in [6.07, 6.45) is 2.74. The lowest BCUT2D eigenvalue weighted by atomic mass is 9.78. The first-order valence-electron chi connectivity index (χ1n) is 9.40. The number of aryl methyl sites for hydroxylation is 1. The van der Waals surface area contributed by atoms with Gasteiger partial charge in [0.1, 0.15) is 11.9 Å². The second kappa shape index (κ2) is 7.56. The highest BCUT2D eigenvalue weighted by Crippen LogP contribution is 2.42. The lowest BCUT2D eigenvalue weighted by molar-refractivity contribution is -0.0231. The number of ether oxygens (including phenoxy) is 2. The highest BCUT2D eigenvalue weighted by atomic mass is 35.5. The number of benzene rings is 1. The zero-order valence-electron chi connectivity index (χ0n) is 15.6. The lowest BCUT2D eigenvalue weighted by Crippen LogP contribution is -2.42. The highest BCUT2D eigenvalue weighted by molar-refractivity contribution is 6.30. The summed E-state index contributed by atoms with van der Waals surface area (Å²) in [4.78, 5) is 6.69. The highest BCUT2D eigenvalue weighted by Gasteiger charge is 2.43. The van der Waals surface area contributed by atoms with Gasteiger partial charge in [0, 0.05) is 24.3 Å². The van der Waals surface area contributed by atoms with Gasteiger partial charge in [-0.25, -0.2) is 0 Å². The summed E-state index contributed by atoms with van der Waals surface area (Å²) < 4.78 is 11.7. The molecule has 1 saturated carbocycles. The molecule has 1 aromatic carbocycles. The average Bonchev–Trinajstić information content (AvgIpc) is 3.04. The van der Waals surface area contributed by atoms with Crippen LogP contribution in [-0.2, 0) is 0 Å². The SMILES string of the molecule is COc1c(N2C[C@H]3C[C@@H](Oc4cccc(Cl)c4)[C@H](O)C[C@H]3C2)ccnc1C. The van der Waals surface area contributed by atoms with Crippen molar-refractivity contribution in [2.24, 2.45) is 11.8 Å². The summed E-state index contributed by atoms with van der Waals surface area (Å²) in [7, 11) is 1.69. The van der Waals surface area contributed by atoms with Crippen molar-refractivity contribution in [3.8, 4) is 11.5 Å². The average molecular weight is 389 g/mol. The number of methoxy groups -OCH3 is 1. The number of aromatic nitrogens is 1. The molecule has 27 heavy (non-hydrogen) atoms. The zero-order valence-corrected chi connectivity index (χ0v) is 16.4. The van der Waals surface area contributed by atoms with Gasteiger partial charge in [-0.3, -0.25) is 4.98 Å². The van der Waals surface area contributed by atoms with Crippen molar-refractivity contribution in [3.63, 3.8) is 0 Å². The van der Waals surface area contributed by atoms with E-state index in [1.807, 2.05) is 37.4 Å². The smallest absolute Gasteiger partial charge is 0.163 e. The van der Waals surface area contributed by atoms with Crippen LogP contribution in [0.25, 0.3) is 0 Å². The Morgan fingerprint density at radius 3 is 2.70 bits per heavy atom. The van der Waals surface area contributed by atoms with Crippen molar-refractivity contribution in [2.45, 2.75) is 32.0 Å². The van der Waals surface area contributed by atoms with E-state index in [1.165, 1.54) is 0 Å². The normalized spacial score (nSPS) is 27.3. The second-order valence-corrected chi connectivity index (χ2v) is 7.96. The zero-order chi connectivity index (χ0) is 19.0. The molecule has 1 aromatic heterocycles. The summed E-state index contributed by atoms with van der Waals surface area (Å²) >= 11 is 6.05. The van der Waals surface area contributed by atoms with Crippen LogP contribution in [0.4, 0.5) is 5.69 Å². The number of rotatable bonds is 4. The van der Waals surface area contributed by atoms with Gasteiger partial charge in [0.2, 0.25) is 0 Å². The third-order valence-electron chi connectivity index (χ3n) is 5.78. The van der Waals surface area contributed by atoms with Crippen LogP contribution in [0.1, 0.15) is 18.5 Å². The van der Waals surface area contributed by atoms with Gasteiger partial charge in [-0.2, -0.15) is 0 Å². The molecule has 0 unspecified atom stereocenters. The van der Waals surface area contributed by atoms with Crippen molar-refractivity contribution in [2.75, 3.05) is 25.1 Å². The molecule has 1 N–H and O–H groups in total. The Morgan fingerprint density at radius 2 is 1.96 bits per heavy atom. The van der Waals surface area contributed by atoms with Gasteiger partial charge in [-0.15, -0.1) is 0 Å². The van der Waals surface area contributed by atoms with E-state index >= 15 is 0 Å². The number of nitrogens with zero attached hydrogens (tertiary/aromatic N) is 2. The predicted octanol–water partition coefficient (Wildman–Crippen LogP) is 3.71. The quantitative estimate of drug-likeness (QED) is 0.865. The molecule has 6 heteroatoms. The molecule has 4 rings (SSSR count). The fraction of sp³-hybridized carbons (Fsp3) is 0.476. The van der Waals surface area contributed by atoms with Gasteiger partial charge in [-0.05, 0) is 55.9 Å². The van der Waals surface area contributed by atoms with E-state index in [-0.39, 0.29) is 6.10 Å². The molecule has 2 heterocycles. The number of fused-ring (bicyclic) bond motifs is 1. The largest absolute Gasteiger partial charge is 0.493 e. The molecule has 0 amide bonds. The maximum absolute atomic E-state index is 10.6. The van der Waals surface area contributed by atoms with E-state index in [4.69, 9.17) is 21.1 Å². The number of hydrogen-bond acceptors (Lipinski definition) is 5. The maximum Gasteiger partial charge on any atom is 0.163 e. The summed E-state index contributed by atoms with van der Waals surface area (Å²) in [6, 6.07) is 9.38. The Kier molecular flexibility index (Phi) is 5.15. The Labute approximate surface area is 164 Å². The van der Waals surface area contributed by atoms with Crippen molar-refractivity contribution >= 4 is 17.3 Å². The van der Waals surface area contributed by atoms with Crippen LogP contribution in [0.5, 0.6) is 11.5 Å². The van der Waals surface area contributed by atoms with Crippen LogP contribution in [-0.4, -0.2) is 42.5 Å². The number of anilines is 1. The van der Waals surface area contributed by atoms with E-state index in [1.54, 1.807) is 13.2 Å². The topological polar surface area (TPSA) is 54.8 Å². The number of hydrogen-bond donors (Lipinski definition) is 1. The second-order valence-electron chi connectivity index (χ2n) is 7.53. The van der Waals surface area contributed by atoms with E-state index in [0.29, 0.717) is 22.6 Å². The van der Waals surface area contributed by atoms with Crippen LogP contribution < -0.4 is 14.4 Å². The van der Waals surface area contributed by atoms with E-state index < -0.39 is 6.10 Å². The number of halogens is 1. The minimum Gasteiger partial charge on any atom is -0.493 e. The molecule has 144 valence electrons. The summed E-state index contributed by atoms with van der Waals surface area (Å²) in [5.41, 5.74) is 1.98. The number of pyridine rings is 1. The Hall–Kier alpha value is -1.98. The van der Waals surface area contributed by atoms with Gasteiger partial charge in [-0.1, -0.05) is 17.7 Å². The van der Waals surface area contributed by atoms with Gasteiger partial charge >= 0.3 is 0 Å². The minimum absolute atomic E-state index is 0.203. The molecule has 2 aliphatic rings. The monoisotopic (exact) mass is 388 g/mol. The molecular weight excluding hydrogens is 364 g/mol. The summed E-state index contributed by atoms with van der Waals surface area (Å²) in [6.45, 7) is 3.82. The Morgan fingerprint density at radius 1 is 1.19 bits per heavy atom. The third-order valence-corrected chi connectivity index (χ3v) is 6.01. The fourth-order valence-corrected chi connectivity index (χ4v) is 4.65. The van der Waals surface area contributed by atoms with Crippen LogP contribution in [0.2, 0.25) is 5.02 Å². The molecule has 1 aliphatic heterocycles.